The van der Waals surface area contributed by atoms with Crippen molar-refractivity contribution in [2.24, 2.45) is 5.92 Å². The quantitative estimate of drug-likeness (QED) is 0.544. The lowest BCUT2D eigenvalue weighted by molar-refractivity contribution is 0.00311. The predicted octanol–water partition coefficient (Wildman–Crippen LogP) is 2.73. The fourth-order valence-corrected chi connectivity index (χ4v) is 1.15. The molecule has 10 heavy (non-hydrogen) atoms. The van der Waals surface area contributed by atoms with E-state index >= 15 is 0 Å². The Bertz CT molecular complexity index is 158. The van der Waals surface area contributed by atoms with Crippen LogP contribution in [0.2, 0.25) is 0 Å². The predicted molar refractivity (Wildman–Crippen MR) is 42.7 cm³/mol. The summed E-state index contributed by atoms with van der Waals surface area (Å²) in [5, 5.41) is 0. The summed E-state index contributed by atoms with van der Waals surface area (Å²) in [4.78, 5) is 0. The van der Waals surface area contributed by atoms with Crippen LogP contribution in [0, 0.1) is 5.92 Å². The fourth-order valence-electron chi connectivity index (χ4n) is 1.15. The summed E-state index contributed by atoms with van der Waals surface area (Å²) in [7, 11) is 0. The average Bonchev–Trinajstić information content (AvgIpc) is 2.13. The molecule has 1 rings (SSSR count). The first-order chi connectivity index (χ1) is 4.54. The Morgan fingerprint density at radius 1 is 1.60 bits per heavy atom. The number of hydrogen-bond acceptors (Lipinski definition) is 1. The largest absolute Gasteiger partial charge is 0.492 e. The van der Waals surface area contributed by atoms with Crippen LogP contribution in [-0.2, 0) is 4.74 Å². The molecule has 1 unspecified atom stereocenters. The summed E-state index contributed by atoms with van der Waals surface area (Å²) < 4.78 is 5.67. The van der Waals surface area contributed by atoms with Gasteiger partial charge in [-0.2, -0.15) is 0 Å². The van der Waals surface area contributed by atoms with Gasteiger partial charge in [0.05, 0.1) is 5.76 Å². The Hall–Kier alpha value is -0.460. The molecule has 0 bridgehead atoms. The highest BCUT2D eigenvalue weighted by atomic mass is 16.5. The van der Waals surface area contributed by atoms with Crippen LogP contribution in [0.1, 0.15) is 34.1 Å². The summed E-state index contributed by atoms with van der Waals surface area (Å²) >= 11 is 0. The van der Waals surface area contributed by atoms with E-state index in [0.29, 0.717) is 5.92 Å². The van der Waals surface area contributed by atoms with E-state index < -0.39 is 0 Å². The minimum atomic E-state index is 0.0735. The van der Waals surface area contributed by atoms with E-state index in [-0.39, 0.29) is 5.60 Å². The molecule has 0 saturated carbocycles. The Morgan fingerprint density at radius 2 is 2.20 bits per heavy atom. The molecule has 1 atom stereocenters. The topological polar surface area (TPSA) is 9.23 Å². The van der Waals surface area contributed by atoms with Crippen LogP contribution in [0.15, 0.2) is 11.8 Å². The summed E-state index contributed by atoms with van der Waals surface area (Å²) in [5.41, 5.74) is 0.0735. The minimum absolute atomic E-state index is 0.0735. The molecule has 0 aromatic rings. The van der Waals surface area contributed by atoms with E-state index in [2.05, 4.69) is 26.8 Å². The Labute approximate surface area is 63.1 Å². The summed E-state index contributed by atoms with van der Waals surface area (Å²) in [5.74, 6) is 1.68. The van der Waals surface area contributed by atoms with Crippen LogP contribution in [0.4, 0.5) is 0 Å². The van der Waals surface area contributed by atoms with Gasteiger partial charge in [-0.25, -0.2) is 0 Å². The zero-order valence-electron chi connectivity index (χ0n) is 7.27. The van der Waals surface area contributed by atoms with E-state index in [9.17, 15) is 0 Å². The molecular weight excluding hydrogens is 124 g/mol. The number of ether oxygens (including phenoxy) is 1. The number of hydrogen-bond donors (Lipinski definition) is 0. The van der Waals surface area contributed by atoms with Gasteiger partial charge in [0.25, 0.3) is 0 Å². The van der Waals surface area contributed by atoms with Gasteiger partial charge < -0.3 is 4.74 Å². The van der Waals surface area contributed by atoms with Crippen molar-refractivity contribution in [1.82, 2.24) is 0 Å². The molecule has 0 radical (unpaired) electrons. The maximum Gasteiger partial charge on any atom is 0.112 e. The van der Waals surface area contributed by atoms with Crippen LogP contribution < -0.4 is 0 Å². The highest BCUT2D eigenvalue weighted by Crippen LogP contribution is 2.33. The van der Waals surface area contributed by atoms with Gasteiger partial charge in [-0.1, -0.05) is 13.8 Å². The van der Waals surface area contributed by atoms with Gasteiger partial charge in [0, 0.05) is 6.42 Å². The van der Waals surface area contributed by atoms with Crippen molar-refractivity contribution in [3.8, 4) is 0 Å². The molecular formula is C9H16O. The van der Waals surface area contributed by atoms with Crippen LogP contribution in [-0.4, -0.2) is 5.60 Å². The van der Waals surface area contributed by atoms with E-state index in [1.54, 1.807) is 0 Å². The van der Waals surface area contributed by atoms with Crippen molar-refractivity contribution in [3.05, 3.63) is 11.8 Å². The van der Waals surface area contributed by atoms with E-state index in [1.807, 2.05) is 6.92 Å². The molecule has 0 saturated heterocycles. The molecule has 1 heteroatoms. The first-order valence-corrected chi connectivity index (χ1v) is 3.90. The van der Waals surface area contributed by atoms with Crippen molar-refractivity contribution in [3.63, 3.8) is 0 Å². The van der Waals surface area contributed by atoms with Gasteiger partial charge in [0.1, 0.15) is 5.60 Å². The SMILES string of the molecule is CC1=CCC(C)(C(C)C)O1. The third-order valence-electron chi connectivity index (χ3n) is 2.41. The molecule has 0 fully saturated rings. The highest BCUT2D eigenvalue weighted by molar-refractivity contribution is 5.04. The third-order valence-corrected chi connectivity index (χ3v) is 2.41. The zero-order chi connectivity index (χ0) is 7.78. The monoisotopic (exact) mass is 140 g/mol. The molecule has 1 heterocycles. The molecule has 1 aliphatic rings. The summed E-state index contributed by atoms with van der Waals surface area (Å²) in [6, 6.07) is 0. The molecule has 0 aromatic carbocycles. The van der Waals surface area contributed by atoms with Crippen LogP contribution in [0.25, 0.3) is 0 Å². The Morgan fingerprint density at radius 3 is 2.40 bits per heavy atom. The second-order valence-electron chi connectivity index (χ2n) is 3.59. The van der Waals surface area contributed by atoms with Crippen molar-refractivity contribution in [2.45, 2.75) is 39.7 Å². The lowest BCUT2D eigenvalue weighted by atomic mass is 9.90. The number of rotatable bonds is 1. The van der Waals surface area contributed by atoms with Crippen LogP contribution in [0.5, 0.6) is 0 Å². The molecule has 0 aliphatic carbocycles. The molecule has 0 spiro atoms. The normalized spacial score (nSPS) is 32.3. The van der Waals surface area contributed by atoms with Crippen LogP contribution >= 0.6 is 0 Å². The van der Waals surface area contributed by atoms with Gasteiger partial charge in [0.2, 0.25) is 0 Å². The average molecular weight is 140 g/mol. The van der Waals surface area contributed by atoms with Crippen molar-refractivity contribution < 1.29 is 4.74 Å². The Kier molecular flexibility index (Phi) is 1.76. The lowest BCUT2D eigenvalue weighted by Gasteiger charge is -2.29. The van der Waals surface area contributed by atoms with Crippen LogP contribution in [0.3, 0.4) is 0 Å². The molecule has 1 nitrogen and oxygen atoms in total. The smallest absolute Gasteiger partial charge is 0.112 e. The van der Waals surface area contributed by atoms with Gasteiger partial charge in [-0.15, -0.1) is 0 Å². The second-order valence-corrected chi connectivity index (χ2v) is 3.59. The molecule has 1 aliphatic heterocycles. The zero-order valence-corrected chi connectivity index (χ0v) is 7.27. The van der Waals surface area contributed by atoms with Crippen molar-refractivity contribution in [1.29, 1.82) is 0 Å². The second kappa shape index (κ2) is 2.30. The van der Waals surface area contributed by atoms with Gasteiger partial charge >= 0.3 is 0 Å². The minimum Gasteiger partial charge on any atom is -0.492 e. The van der Waals surface area contributed by atoms with Gasteiger partial charge in [-0.3, -0.25) is 0 Å². The lowest BCUT2D eigenvalue weighted by Crippen LogP contribution is -2.30. The first-order valence-electron chi connectivity index (χ1n) is 3.90. The number of allylic oxidation sites excluding steroid dienone is 1. The van der Waals surface area contributed by atoms with Gasteiger partial charge in [0.15, 0.2) is 0 Å². The highest BCUT2D eigenvalue weighted by Gasteiger charge is 2.32. The van der Waals surface area contributed by atoms with E-state index in [0.717, 1.165) is 12.2 Å². The molecule has 58 valence electrons. The van der Waals surface area contributed by atoms with E-state index in [4.69, 9.17) is 4.74 Å². The molecule has 0 aromatic heterocycles. The Balaban J connectivity index is 2.61. The summed E-state index contributed by atoms with van der Waals surface area (Å²) in [6.45, 7) is 8.59. The molecule has 0 amide bonds. The standard InChI is InChI=1S/C9H16O/c1-7(2)9(4)6-5-8(3)10-9/h5,7H,6H2,1-4H3. The van der Waals surface area contributed by atoms with Gasteiger partial charge in [-0.05, 0) is 25.8 Å². The fraction of sp³-hybridized carbons (Fsp3) is 0.778. The maximum absolute atomic E-state index is 5.67. The van der Waals surface area contributed by atoms with Crippen molar-refractivity contribution >= 4 is 0 Å². The molecule has 0 N–H and O–H groups in total. The van der Waals surface area contributed by atoms with Crippen molar-refractivity contribution in [2.75, 3.05) is 0 Å². The summed E-state index contributed by atoms with van der Waals surface area (Å²) in [6.07, 6.45) is 3.23. The third kappa shape index (κ3) is 1.18. The maximum atomic E-state index is 5.67. The first kappa shape index (κ1) is 7.64. The van der Waals surface area contributed by atoms with E-state index in [1.165, 1.54) is 0 Å².